The highest BCUT2D eigenvalue weighted by molar-refractivity contribution is 6.04. The van der Waals surface area contributed by atoms with Crippen LogP contribution in [0.15, 0.2) is 36.4 Å². The topological polar surface area (TPSA) is 108 Å². The molecule has 8 nitrogen and oxygen atoms in total. The smallest absolute Gasteiger partial charge is 0.336 e. The Bertz CT molecular complexity index is 1440. The summed E-state index contributed by atoms with van der Waals surface area (Å²) in [7, 11) is 1.76. The number of carboxylic acid groups (broad SMARTS) is 1. The first-order valence-electron chi connectivity index (χ1n) is 14.8. The van der Waals surface area contributed by atoms with Gasteiger partial charge in [-0.05, 0) is 81.2 Å². The zero-order chi connectivity index (χ0) is 27.4. The molecule has 2 aromatic carbocycles. The Morgan fingerprint density at radius 1 is 1.12 bits per heavy atom. The molecule has 0 radical (unpaired) electrons. The summed E-state index contributed by atoms with van der Waals surface area (Å²) in [5.74, 6) is 0.142. The van der Waals surface area contributed by atoms with Crippen LogP contribution in [0, 0.1) is 17.3 Å². The van der Waals surface area contributed by atoms with Crippen molar-refractivity contribution in [3.63, 3.8) is 0 Å². The Balaban J connectivity index is 1.20. The maximum Gasteiger partial charge on any atom is 0.336 e. The minimum Gasteiger partial charge on any atom is -0.504 e. The number of aromatic carboxylic acids is 1. The maximum absolute atomic E-state index is 13.3. The number of aromatic hydroxyl groups is 1. The Morgan fingerprint density at radius 2 is 1.93 bits per heavy atom. The predicted molar refractivity (Wildman–Crippen MR) is 146 cm³/mol. The number of nitrogens with zero attached hydrogens (tertiary/aromatic N) is 1. The van der Waals surface area contributed by atoms with Gasteiger partial charge in [0, 0.05) is 48.6 Å². The van der Waals surface area contributed by atoms with Crippen LogP contribution < -0.4 is 10.1 Å². The van der Waals surface area contributed by atoms with Crippen LogP contribution in [0.4, 0.5) is 0 Å². The highest BCUT2D eigenvalue weighted by atomic mass is 16.6. The van der Waals surface area contributed by atoms with Crippen LogP contribution in [0.5, 0.6) is 11.5 Å². The van der Waals surface area contributed by atoms with E-state index in [1.54, 1.807) is 31.4 Å². The minimum atomic E-state index is -1.12. The van der Waals surface area contributed by atoms with Crippen molar-refractivity contribution >= 4 is 11.9 Å². The molecular weight excluding hydrogens is 508 g/mol. The molecule has 6 atom stereocenters. The van der Waals surface area contributed by atoms with Crippen molar-refractivity contribution in [2.24, 2.45) is 17.3 Å². The molecule has 3 N–H and O–H groups in total. The molecule has 2 spiro atoms. The molecule has 0 unspecified atom stereocenters. The summed E-state index contributed by atoms with van der Waals surface area (Å²) >= 11 is 0. The van der Waals surface area contributed by atoms with Gasteiger partial charge in [-0.15, -0.1) is 0 Å². The van der Waals surface area contributed by atoms with Gasteiger partial charge in [-0.25, -0.2) is 4.79 Å². The summed E-state index contributed by atoms with van der Waals surface area (Å²) in [6.07, 6.45) is 7.12. The van der Waals surface area contributed by atoms with Gasteiger partial charge in [-0.1, -0.05) is 18.2 Å². The van der Waals surface area contributed by atoms with E-state index < -0.39 is 11.6 Å². The molecule has 7 aliphatic rings. The standard InChI is InChI=1S/C32H36N2O6/c1-39-32-11-10-30(15-20(32)16-33-27(36)21-4-2-3-5-22(21)28(37)38)24-14-19-8-9-23(35)26-25(19)31(30,29(32)40-26)12-13-34(24)17-18-6-7-18/h2-5,8-9,18,20,24,29,35H,6-7,10-17H2,1H3,(H,33,36)(H,37,38)/t20-,24-,29-,30-,31+,32-/m1/s1. The van der Waals surface area contributed by atoms with Crippen LogP contribution in [-0.4, -0.2) is 71.5 Å². The molecule has 2 aliphatic heterocycles. The number of phenolic OH excluding ortho intramolecular Hbond substituents is 1. The second-order valence-electron chi connectivity index (χ2n) is 13.1. The molecule has 5 fully saturated rings. The average molecular weight is 545 g/mol. The number of carboxylic acids is 1. The lowest BCUT2D eigenvalue weighted by Gasteiger charge is -2.74. The monoisotopic (exact) mass is 544 g/mol. The Labute approximate surface area is 233 Å². The number of rotatable bonds is 7. The third-order valence-electron chi connectivity index (χ3n) is 11.7. The van der Waals surface area contributed by atoms with Crippen LogP contribution in [0.2, 0.25) is 0 Å². The fourth-order valence-corrected chi connectivity index (χ4v) is 9.97. The molecule has 4 bridgehead atoms. The van der Waals surface area contributed by atoms with E-state index in [9.17, 15) is 19.8 Å². The van der Waals surface area contributed by atoms with E-state index in [1.165, 1.54) is 30.0 Å². The highest BCUT2D eigenvalue weighted by Gasteiger charge is 2.80. The summed E-state index contributed by atoms with van der Waals surface area (Å²) in [5, 5.41) is 23.7. The first-order chi connectivity index (χ1) is 19.3. The molecular formula is C32H36N2O6. The number of benzene rings is 2. The van der Waals surface area contributed by atoms with Gasteiger partial charge in [0.2, 0.25) is 0 Å². The first kappa shape index (κ1) is 24.7. The van der Waals surface area contributed by atoms with Gasteiger partial charge in [-0.2, -0.15) is 0 Å². The summed E-state index contributed by atoms with van der Waals surface area (Å²) < 4.78 is 13.3. The molecule has 8 heteroatoms. The molecule has 4 saturated carbocycles. The number of phenols is 1. The molecule has 0 aromatic heterocycles. The van der Waals surface area contributed by atoms with Gasteiger partial charge in [0.25, 0.3) is 5.91 Å². The fourth-order valence-electron chi connectivity index (χ4n) is 9.97. The van der Waals surface area contributed by atoms with Crippen molar-refractivity contribution in [2.45, 2.75) is 68.1 Å². The number of hydrogen-bond donors (Lipinski definition) is 3. The van der Waals surface area contributed by atoms with Crippen molar-refractivity contribution in [1.82, 2.24) is 10.2 Å². The lowest BCUT2D eigenvalue weighted by molar-refractivity contribution is -0.275. The second-order valence-corrected chi connectivity index (χ2v) is 13.1. The summed E-state index contributed by atoms with van der Waals surface area (Å²) in [6.45, 7) is 2.56. The number of fused-ring (bicyclic) bond motifs is 2. The van der Waals surface area contributed by atoms with Crippen molar-refractivity contribution in [3.8, 4) is 11.5 Å². The molecule has 40 heavy (non-hydrogen) atoms. The van der Waals surface area contributed by atoms with Gasteiger partial charge >= 0.3 is 5.97 Å². The molecule has 210 valence electrons. The lowest BCUT2D eigenvalue weighted by Crippen LogP contribution is -2.81. The number of amides is 1. The van der Waals surface area contributed by atoms with E-state index in [-0.39, 0.29) is 45.6 Å². The van der Waals surface area contributed by atoms with Crippen LogP contribution >= 0.6 is 0 Å². The van der Waals surface area contributed by atoms with Crippen molar-refractivity contribution < 1.29 is 29.3 Å². The number of methoxy groups -OCH3 is 1. The van der Waals surface area contributed by atoms with E-state index in [2.05, 4.69) is 16.3 Å². The third kappa shape index (κ3) is 2.93. The molecule has 5 aliphatic carbocycles. The number of carbonyl (C=O) groups excluding carboxylic acids is 1. The molecule has 2 heterocycles. The lowest BCUT2D eigenvalue weighted by atomic mass is 9.35. The van der Waals surface area contributed by atoms with E-state index in [4.69, 9.17) is 9.47 Å². The van der Waals surface area contributed by atoms with Crippen molar-refractivity contribution in [2.75, 3.05) is 26.7 Å². The zero-order valence-electron chi connectivity index (χ0n) is 22.8. The normalized spacial score (nSPS) is 36.6. The van der Waals surface area contributed by atoms with Crippen LogP contribution in [-0.2, 0) is 16.6 Å². The van der Waals surface area contributed by atoms with Gasteiger partial charge in [-0.3, -0.25) is 9.69 Å². The number of nitrogens with one attached hydrogen (secondary N) is 1. The molecule has 1 saturated heterocycles. The van der Waals surface area contributed by atoms with E-state index in [0.717, 1.165) is 51.1 Å². The van der Waals surface area contributed by atoms with Crippen molar-refractivity contribution in [1.29, 1.82) is 0 Å². The van der Waals surface area contributed by atoms with Crippen LogP contribution in [0.25, 0.3) is 0 Å². The number of hydrogen-bond acceptors (Lipinski definition) is 6. The zero-order valence-corrected chi connectivity index (χ0v) is 22.8. The van der Waals surface area contributed by atoms with Gasteiger partial charge in [0.1, 0.15) is 11.7 Å². The molecule has 2 aromatic rings. The Hall–Kier alpha value is -3.10. The predicted octanol–water partition coefficient (Wildman–Crippen LogP) is 3.74. The highest BCUT2D eigenvalue weighted by Crippen LogP contribution is 2.76. The van der Waals surface area contributed by atoms with Gasteiger partial charge in [0.05, 0.1) is 11.1 Å². The summed E-state index contributed by atoms with van der Waals surface area (Å²) in [5.41, 5.74) is 1.82. The summed E-state index contributed by atoms with van der Waals surface area (Å²) in [6, 6.07) is 10.6. The summed E-state index contributed by atoms with van der Waals surface area (Å²) in [4.78, 5) is 27.8. The molecule has 1 amide bonds. The van der Waals surface area contributed by atoms with E-state index in [1.807, 2.05) is 0 Å². The van der Waals surface area contributed by atoms with E-state index >= 15 is 0 Å². The van der Waals surface area contributed by atoms with Crippen LogP contribution in [0.3, 0.4) is 0 Å². The van der Waals surface area contributed by atoms with Crippen LogP contribution in [0.1, 0.15) is 70.4 Å². The molecule has 9 rings (SSSR count). The Kier molecular flexibility index (Phi) is 5.08. The largest absolute Gasteiger partial charge is 0.504 e. The van der Waals surface area contributed by atoms with Gasteiger partial charge < -0.3 is 25.0 Å². The number of piperidine rings is 1. The number of ether oxygens (including phenoxy) is 2. The number of carbonyl (C=O) groups is 2. The minimum absolute atomic E-state index is 0.000669. The second kappa shape index (κ2) is 8.23. The van der Waals surface area contributed by atoms with Crippen molar-refractivity contribution in [3.05, 3.63) is 58.7 Å². The average Bonchev–Trinajstić information content (AvgIpc) is 3.71. The first-order valence-corrected chi connectivity index (χ1v) is 14.8. The SMILES string of the molecule is CO[C@]12CC[C@@]3(C[C@@H]1CNC(=O)c1ccccc1C(=O)O)[C@H]1Cc4ccc(O)c5c4[C@@]3(CCN1CC1CC1)[C@H]2O5. The maximum atomic E-state index is 13.3. The third-order valence-corrected chi connectivity index (χ3v) is 11.7. The Morgan fingerprint density at radius 3 is 2.67 bits per heavy atom. The quantitative estimate of drug-likeness (QED) is 0.487. The van der Waals surface area contributed by atoms with E-state index in [0.29, 0.717) is 18.3 Å². The van der Waals surface area contributed by atoms with Gasteiger partial charge in [0.15, 0.2) is 11.5 Å². The number of likely N-dealkylation sites (tertiary alicyclic amines) is 1. The fraction of sp³-hybridized carbons (Fsp3) is 0.562.